The van der Waals surface area contributed by atoms with E-state index in [9.17, 15) is 9.90 Å². The second kappa shape index (κ2) is 4.09. The summed E-state index contributed by atoms with van der Waals surface area (Å²) in [6, 6.07) is 1.62. The third kappa shape index (κ3) is 2.09. The number of esters is 1. The van der Waals surface area contributed by atoms with Gasteiger partial charge in [-0.1, -0.05) is 0 Å². The molecule has 1 aromatic rings. The normalized spacial score (nSPS) is 15.0. The van der Waals surface area contributed by atoms with Gasteiger partial charge in [0.05, 0.1) is 31.7 Å². The van der Waals surface area contributed by atoms with Crippen LogP contribution in [0, 0.1) is 5.92 Å². The van der Waals surface area contributed by atoms with Crippen molar-refractivity contribution in [1.29, 1.82) is 0 Å². The molecule has 1 aromatic heterocycles. The third-order valence-electron chi connectivity index (χ3n) is 1.93. The molecule has 0 aromatic carbocycles. The molecular weight excluding hydrogens is 172 g/mol. The summed E-state index contributed by atoms with van der Waals surface area (Å²) < 4.78 is 9.29. The molecule has 2 atom stereocenters. The minimum Gasteiger partial charge on any atom is -0.472 e. The Bertz CT molecular complexity index is 265. The maximum Gasteiger partial charge on any atom is 0.311 e. The average molecular weight is 184 g/mol. The van der Waals surface area contributed by atoms with Crippen molar-refractivity contribution in [2.24, 2.45) is 5.92 Å². The summed E-state index contributed by atoms with van der Waals surface area (Å²) in [6.07, 6.45) is 1.98. The summed E-state index contributed by atoms with van der Waals surface area (Å²) in [5, 5.41) is 9.62. The molecule has 13 heavy (non-hydrogen) atoms. The van der Waals surface area contributed by atoms with Crippen LogP contribution in [0.25, 0.3) is 0 Å². The maximum absolute atomic E-state index is 11.0. The molecule has 0 saturated carbocycles. The van der Waals surface area contributed by atoms with E-state index < -0.39 is 18.0 Å². The van der Waals surface area contributed by atoms with Gasteiger partial charge in [0.15, 0.2) is 0 Å². The summed E-state index contributed by atoms with van der Waals surface area (Å²) in [4.78, 5) is 11.0. The molecule has 4 heteroatoms. The van der Waals surface area contributed by atoms with Gasteiger partial charge in [-0.2, -0.15) is 0 Å². The standard InChI is InChI=1S/C9H12O4/c1-6(9(11)12-2)8(10)7-3-4-13-5-7/h3-6,8,10H,1-2H3. The number of aliphatic hydroxyl groups is 1. The Morgan fingerprint density at radius 2 is 2.38 bits per heavy atom. The van der Waals surface area contributed by atoms with Gasteiger partial charge in [-0.3, -0.25) is 4.79 Å². The molecule has 1 heterocycles. The van der Waals surface area contributed by atoms with Crippen LogP contribution < -0.4 is 0 Å². The van der Waals surface area contributed by atoms with Crippen molar-refractivity contribution in [3.05, 3.63) is 24.2 Å². The van der Waals surface area contributed by atoms with E-state index in [2.05, 4.69) is 4.74 Å². The Morgan fingerprint density at radius 3 is 2.85 bits per heavy atom. The number of carbonyl (C=O) groups is 1. The van der Waals surface area contributed by atoms with Crippen LogP contribution in [0.3, 0.4) is 0 Å². The highest BCUT2D eigenvalue weighted by Gasteiger charge is 2.24. The van der Waals surface area contributed by atoms with Crippen LogP contribution in [0.5, 0.6) is 0 Å². The summed E-state index contributed by atoms with van der Waals surface area (Å²) in [6.45, 7) is 1.60. The van der Waals surface area contributed by atoms with Gasteiger partial charge < -0.3 is 14.3 Å². The first-order valence-corrected chi connectivity index (χ1v) is 3.94. The number of hydrogen-bond acceptors (Lipinski definition) is 4. The quantitative estimate of drug-likeness (QED) is 0.715. The van der Waals surface area contributed by atoms with E-state index in [0.29, 0.717) is 5.56 Å². The van der Waals surface area contributed by atoms with Crippen molar-refractivity contribution in [2.45, 2.75) is 13.0 Å². The Kier molecular flexibility index (Phi) is 3.08. The van der Waals surface area contributed by atoms with Crippen molar-refractivity contribution < 1.29 is 19.1 Å². The number of aliphatic hydroxyl groups excluding tert-OH is 1. The molecule has 2 unspecified atom stereocenters. The molecule has 0 aliphatic rings. The summed E-state index contributed by atoms with van der Waals surface area (Å²) >= 11 is 0. The van der Waals surface area contributed by atoms with Gasteiger partial charge in [-0.05, 0) is 13.0 Å². The van der Waals surface area contributed by atoms with E-state index >= 15 is 0 Å². The van der Waals surface area contributed by atoms with Crippen LogP contribution in [0.1, 0.15) is 18.6 Å². The summed E-state index contributed by atoms with van der Waals surface area (Å²) in [7, 11) is 1.29. The summed E-state index contributed by atoms with van der Waals surface area (Å²) in [5.74, 6) is -1.02. The molecule has 72 valence electrons. The number of furan rings is 1. The smallest absolute Gasteiger partial charge is 0.311 e. The Morgan fingerprint density at radius 1 is 1.69 bits per heavy atom. The molecule has 0 aliphatic carbocycles. The van der Waals surface area contributed by atoms with E-state index in [4.69, 9.17) is 4.42 Å². The fraction of sp³-hybridized carbons (Fsp3) is 0.444. The molecule has 0 amide bonds. The highest BCUT2D eigenvalue weighted by Crippen LogP contribution is 2.22. The van der Waals surface area contributed by atoms with Crippen LogP contribution in [0.4, 0.5) is 0 Å². The molecule has 0 saturated heterocycles. The fourth-order valence-electron chi connectivity index (χ4n) is 1.05. The Hall–Kier alpha value is -1.29. The van der Waals surface area contributed by atoms with Crippen LogP contribution in [-0.2, 0) is 9.53 Å². The van der Waals surface area contributed by atoms with Crippen LogP contribution in [-0.4, -0.2) is 18.2 Å². The van der Waals surface area contributed by atoms with Crippen LogP contribution in [0.15, 0.2) is 23.0 Å². The number of methoxy groups -OCH3 is 1. The average Bonchev–Trinajstić information content (AvgIpc) is 2.67. The molecule has 0 radical (unpaired) electrons. The molecule has 1 N–H and O–H groups in total. The molecule has 0 spiro atoms. The first-order chi connectivity index (χ1) is 6.16. The lowest BCUT2D eigenvalue weighted by atomic mass is 10.0. The second-order valence-corrected chi connectivity index (χ2v) is 2.81. The highest BCUT2D eigenvalue weighted by atomic mass is 16.5. The largest absolute Gasteiger partial charge is 0.472 e. The van der Waals surface area contributed by atoms with E-state index in [1.165, 1.54) is 19.6 Å². The van der Waals surface area contributed by atoms with Gasteiger partial charge >= 0.3 is 5.97 Å². The van der Waals surface area contributed by atoms with Crippen molar-refractivity contribution in [1.82, 2.24) is 0 Å². The molecule has 0 fully saturated rings. The molecule has 4 nitrogen and oxygen atoms in total. The number of rotatable bonds is 3. The van der Waals surface area contributed by atoms with Crippen LogP contribution in [0.2, 0.25) is 0 Å². The maximum atomic E-state index is 11.0. The van der Waals surface area contributed by atoms with Gasteiger partial charge in [0.1, 0.15) is 0 Å². The molecule has 0 aliphatic heterocycles. The first kappa shape index (κ1) is 9.80. The Balaban J connectivity index is 2.68. The molecule has 0 bridgehead atoms. The van der Waals surface area contributed by atoms with Crippen molar-refractivity contribution >= 4 is 5.97 Å². The second-order valence-electron chi connectivity index (χ2n) is 2.81. The van der Waals surface area contributed by atoms with Gasteiger partial charge in [0.25, 0.3) is 0 Å². The number of carbonyl (C=O) groups excluding carboxylic acids is 1. The van der Waals surface area contributed by atoms with Crippen molar-refractivity contribution in [3.63, 3.8) is 0 Å². The predicted octanol–water partition coefficient (Wildman–Crippen LogP) is 1.12. The fourth-order valence-corrected chi connectivity index (χ4v) is 1.05. The monoisotopic (exact) mass is 184 g/mol. The topological polar surface area (TPSA) is 59.7 Å². The minimum atomic E-state index is -0.869. The van der Waals surface area contributed by atoms with E-state index in [0.717, 1.165) is 0 Å². The zero-order valence-corrected chi connectivity index (χ0v) is 7.56. The third-order valence-corrected chi connectivity index (χ3v) is 1.93. The van der Waals surface area contributed by atoms with Crippen molar-refractivity contribution in [2.75, 3.05) is 7.11 Å². The summed E-state index contributed by atoms with van der Waals surface area (Å²) in [5.41, 5.74) is 0.581. The van der Waals surface area contributed by atoms with E-state index in [1.54, 1.807) is 13.0 Å². The van der Waals surface area contributed by atoms with E-state index in [1.807, 2.05) is 0 Å². The highest BCUT2D eigenvalue weighted by molar-refractivity contribution is 5.72. The Labute approximate surface area is 76.1 Å². The lowest BCUT2D eigenvalue weighted by molar-refractivity contribution is -0.148. The SMILES string of the molecule is COC(=O)C(C)C(O)c1ccoc1. The van der Waals surface area contributed by atoms with E-state index in [-0.39, 0.29) is 0 Å². The van der Waals surface area contributed by atoms with Crippen molar-refractivity contribution in [3.8, 4) is 0 Å². The lowest BCUT2D eigenvalue weighted by Crippen LogP contribution is -2.20. The molecular formula is C9H12O4. The van der Waals surface area contributed by atoms with Gasteiger partial charge in [0, 0.05) is 5.56 Å². The van der Waals surface area contributed by atoms with Gasteiger partial charge in [0.2, 0.25) is 0 Å². The number of hydrogen-bond donors (Lipinski definition) is 1. The molecule has 1 rings (SSSR count). The zero-order valence-electron chi connectivity index (χ0n) is 7.56. The van der Waals surface area contributed by atoms with Crippen LogP contribution >= 0.6 is 0 Å². The number of ether oxygens (including phenoxy) is 1. The zero-order chi connectivity index (χ0) is 9.84. The lowest BCUT2D eigenvalue weighted by Gasteiger charge is -2.14. The predicted molar refractivity (Wildman–Crippen MR) is 44.8 cm³/mol. The van der Waals surface area contributed by atoms with Gasteiger partial charge in [-0.25, -0.2) is 0 Å². The minimum absolute atomic E-state index is 0.436. The van der Waals surface area contributed by atoms with Gasteiger partial charge in [-0.15, -0.1) is 0 Å². The first-order valence-electron chi connectivity index (χ1n) is 3.94.